The van der Waals surface area contributed by atoms with E-state index in [2.05, 4.69) is 12.1 Å². The zero-order valence-electron chi connectivity index (χ0n) is 13.2. The van der Waals surface area contributed by atoms with Crippen molar-refractivity contribution in [3.8, 4) is 11.1 Å². The van der Waals surface area contributed by atoms with E-state index in [1.165, 1.54) is 0 Å². The van der Waals surface area contributed by atoms with E-state index in [1.54, 1.807) is 4.90 Å². The van der Waals surface area contributed by atoms with Gasteiger partial charge in [0.1, 0.15) is 0 Å². The van der Waals surface area contributed by atoms with Crippen molar-refractivity contribution < 1.29 is 14.7 Å². The van der Waals surface area contributed by atoms with E-state index in [9.17, 15) is 9.59 Å². The fourth-order valence-corrected chi connectivity index (χ4v) is 2.92. The van der Waals surface area contributed by atoms with Gasteiger partial charge in [-0.25, -0.2) is 0 Å². The Hall–Kier alpha value is -2.33. The molecule has 0 aliphatic carbocycles. The number of likely N-dealkylation sites (tertiary alicyclic amines) is 1. The number of carboxylic acid groups (broad SMARTS) is 1. The van der Waals surface area contributed by atoms with E-state index in [4.69, 9.17) is 5.11 Å². The minimum absolute atomic E-state index is 0. The summed E-state index contributed by atoms with van der Waals surface area (Å²) in [5.74, 6) is -1.23. The van der Waals surface area contributed by atoms with Crippen molar-refractivity contribution in [2.75, 3.05) is 13.1 Å². The molecule has 1 heterocycles. The minimum atomic E-state index is -0.812. The van der Waals surface area contributed by atoms with E-state index >= 15 is 0 Å². The number of hydrogen-bond acceptors (Lipinski definition) is 2. The number of carbonyl (C=O) groups is 2. The number of nitrogens with zero attached hydrogens (tertiary/aromatic N) is 1. The summed E-state index contributed by atoms with van der Waals surface area (Å²) in [6, 6.07) is 18.0. The van der Waals surface area contributed by atoms with Crippen molar-refractivity contribution in [3.05, 3.63) is 60.2 Å². The summed E-state index contributed by atoms with van der Waals surface area (Å²) >= 11 is 0. The van der Waals surface area contributed by atoms with Crippen molar-refractivity contribution in [2.45, 2.75) is 12.8 Å². The van der Waals surface area contributed by atoms with Gasteiger partial charge >= 0.3 is 5.97 Å². The maximum Gasteiger partial charge on any atom is 0.308 e. The molecule has 0 bridgehead atoms. The normalized spacial score (nSPS) is 16.5. The van der Waals surface area contributed by atoms with Gasteiger partial charge in [0.05, 0.1) is 12.3 Å². The molecule has 0 saturated carbocycles. The first kappa shape index (κ1) is 18.0. The number of carboxylic acids is 1. The Morgan fingerprint density at radius 2 is 1.62 bits per heavy atom. The van der Waals surface area contributed by atoms with Gasteiger partial charge in [-0.3, -0.25) is 9.59 Å². The van der Waals surface area contributed by atoms with Crippen LogP contribution in [0, 0.1) is 5.92 Å². The lowest BCUT2D eigenvalue weighted by atomic mass is 10.0. The highest BCUT2D eigenvalue weighted by Gasteiger charge is 2.30. The van der Waals surface area contributed by atoms with Crippen LogP contribution in [0.2, 0.25) is 0 Å². The molecule has 1 amide bonds. The molecule has 1 unspecified atom stereocenters. The average molecular weight is 346 g/mol. The van der Waals surface area contributed by atoms with E-state index in [0.29, 0.717) is 25.9 Å². The maximum atomic E-state index is 12.3. The zero-order chi connectivity index (χ0) is 16.2. The highest BCUT2D eigenvalue weighted by atomic mass is 35.5. The largest absolute Gasteiger partial charge is 0.481 e. The summed E-state index contributed by atoms with van der Waals surface area (Å²) in [6.07, 6.45) is 0.870. The predicted molar refractivity (Wildman–Crippen MR) is 95.2 cm³/mol. The van der Waals surface area contributed by atoms with Gasteiger partial charge in [0.2, 0.25) is 5.91 Å². The van der Waals surface area contributed by atoms with Gasteiger partial charge in [-0.15, -0.1) is 12.4 Å². The second-order valence-electron chi connectivity index (χ2n) is 5.90. The molecule has 2 aromatic rings. The minimum Gasteiger partial charge on any atom is -0.481 e. The smallest absolute Gasteiger partial charge is 0.308 e. The molecule has 126 valence electrons. The summed E-state index contributed by atoms with van der Waals surface area (Å²) < 4.78 is 0. The predicted octanol–water partition coefficient (Wildman–Crippen LogP) is 3.25. The molecule has 4 nitrogen and oxygen atoms in total. The first-order valence-corrected chi connectivity index (χ1v) is 7.78. The Balaban J connectivity index is 0.00000208. The molecule has 1 N–H and O–H groups in total. The number of aliphatic carboxylic acids is 1. The molecule has 1 aliphatic rings. The highest BCUT2D eigenvalue weighted by molar-refractivity contribution is 5.85. The van der Waals surface area contributed by atoms with E-state index in [0.717, 1.165) is 16.7 Å². The van der Waals surface area contributed by atoms with Gasteiger partial charge in [0.25, 0.3) is 0 Å². The van der Waals surface area contributed by atoms with Crippen molar-refractivity contribution >= 4 is 24.3 Å². The molecule has 0 spiro atoms. The van der Waals surface area contributed by atoms with Crippen LogP contribution in [0.3, 0.4) is 0 Å². The molecule has 0 aromatic heterocycles. The van der Waals surface area contributed by atoms with E-state index < -0.39 is 11.9 Å². The lowest BCUT2D eigenvalue weighted by Crippen LogP contribution is -2.31. The monoisotopic (exact) mass is 345 g/mol. The molecule has 5 heteroatoms. The quantitative estimate of drug-likeness (QED) is 0.925. The Morgan fingerprint density at radius 1 is 1.00 bits per heavy atom. The Labute approximate surface area is 147 Å². The summed E-state index contributed by atoms with van der Waals surface area (Å²) in [4.78, 5) is 24.9. The highest BCUT2D eigenvalue weighted by Crippen LogP contribution is 2.21. The number of carbonyl (C=O) groups excluding carboxylic acids is 1. The number of amides is 1. The summed E-state index contributed by atoms with van der Waals surface area (Å²) in [6.45, 7) is 0.869. The Kier molecular flexibility index (Phi) is 5.99. The summed E-state index contributed by atoms with van der Waals surface area (Å²) in [5.41, 5.74) is 3.22. The molecule has 1 atom stereocenters. The summed E-state index contributed by atoms with van der Waals surface area (Å²) in [5, 5.41) is 9.00. The molecular weight excluding hydrogens is 326 g/mol. The Morgan fingerprint density at radius 3 is 2.21 bits per heavy atom. The molecule has 1 fully saturated rings. The molecule has 0 radical (unpaired) electrons. The second-order valence-corrected chi connectivity index (χ2v) is 5.90. The van der Waals surface area contributed by atoms with Crippen LogP contribution in [0.5, 0.6) is 0 Å². The Bertz CT molecular complexity index is 700. The number of rotatable bonds is 4. The van der Waals surface area contributed by atoms with Gasteiger partial charge in [-0.1, -0.05) is 54.6 Å². The van der Waals surface area contributed by atoms with Gasteiger partial charge in [0.15, 0.2) is 0 Å². The molecular formula is C19H20ClNO3. The lowest BCUT2D eigenvalue weighted by molar-refractivity contribution is -0.141. The zero-order valence-corrected chi connectivity index (χ0v) is 14.0. The number of halogens is 1. The summed E-state index contributed by atoms with van der Waals surface area (Å²) in [7, 11) is 0. The van der Waals surface area contributed by atoms with Crippen LogP contribution >= 0.6 is 12.4 Å². The fraction of sp³-hybridized carbons (Fsp3) is 0.263. The number of benzene rings is 2. The topological polar surface area (TPSA) is 57.6 Å². The van der Waals surface area contributed by atoms with Crippen LogP contribution in [0.1, 0.15) is 12.0 Å². The van der Waals surface area contributed by atoms with Crippen LogP contribution in [-0.2, 0) is 16.0 Å². The first-order valence-electron chi connectivity index (χ1n) is 7.78. The van der Waals surface area contributed by atoms with E-state index in [1.807, 2.05) is 42.5 Å². The maximum absolute atomic E-state index is 12.3. The van der Waals surface area contributed by atoms with Gasteiger partial charge < -0.3 is 10.0 Å². The van der Waals surface area contributed by atoms with Gasteiger partial charge in [-0.2, -0.15) is 0 Å². The third-order valence-electron chi connectivity index (χ3n) is 4.31. The van der Waals surface area contributed by atoms with Gasteiger partial charge in [-0.05, 0) is 23.1 Å². The van der Waals surface area contributed by atoms with Crippen LogP contribution in [0.4, 0.5) is 0 Å². The van der Waals surface area contributed by atoms with Crippen molar-refractivity contribution in [2.24, 2.45) is 5.92 Å². The third-order valence-corrected chi connectivity index (χ3v) is 4.31. The van der Waals surface area contributed by atoms with Crippen LogP contribution in [0.25, 0.3) is 11.1 Å². The van der Waals surface area contributed by atoms with Crippen LogP contribution in [-0.4, -0.2) is 35.0 Å². The van der Waals surface area contributed by atoms with Crippen molar-refractivity contribution in [1.29, 1.82) is 0 Å². The fourth-order valence-electron chi connectivity index (χ4n) is 2.92. The first-order chi connectivity index (χ1) is 11.1. The average Bonchev–Trinajstić information content (AvgIpc) is 3.07. The molecule has 1 saturated heterocycles. The standard InChI is InChI=1S/C19H19NO3.ClH/c21-18(20-11-10-17(13-20)19(22)23)12-14-6-8-16(9-7-14)15-4-2-1-3-5-15;/h1-9,17H,10-13H2,(H,22,23);1H. The van der Waals surface area contributed by atoms with Crippen molar-refractivity contribution in [1.82, 2.24) is 4.90 Å². The molecule has 3 rings (SSSR count). The molecule has 2 aromatic carbocycles. The third kappa shape index (κ3) is 4.15. The van der Waals surface area contributed by atoms with Gasteiger partial charge in [0, 0.05) is 13.1 Å². The van der Waals surface area contributed by atoms with Crippen LogP contribution in [0.15, 0.2) is 54.6 Å². The second kappa shape index (κ2) is 7.97. The molecule has 24 heavy (non-hydrogen) atoms. The van der Waals surface area contributed by atoms with Crippen molar-refractivity contribution in [3.63, 3.8) is 0 Å². The SMILES string of the molecule is Cl.O=C(O)C1CCN(C(=O)Cc2ccc(-c3ccccc3)cc2)C1. The van der Waals surface area contributed by atoms with E-state index in [-0.39, 0.29) is 18.3 Å². The number of hydrogen-bond donors (Lipinski definition) is 1. The van der Waals surface area contributed by atoms with Crippen LogP contribution < -0.4 is 0 Å². The molecule has 1 aliphatic heterocycles. The lowest BCUT2D eigenvalue weighted by Gasteiger charge is -2.16.